The third-order valence-corrected chi connectivity index (χ3v) is 15.4. The van der Waals surface area contributed by atoms with Crippen LogP contribution in [0.25, 0.3) is 22.5 Å². The van der Waals surface area contributed by atoms with E-state index in [1.165, 1.54) is 0 Å². The summed E-state index contributed by atoms with van der Waals surface area (Å²) in [6.07, 6.45) is -0.122. The maximum Gasteiger partial charge on any atom is 0.252 e. The molecule has 0 aliphatic carbocycles. The highest BCUT2D eigenvalue weighted by atomic mass is 35.5. The first-order valence-corrected chi connectivity index (χ1v) is 30.2. The average molecular weight is 1270 g/mol. The lowest BCUT2D eigenvalue weighted by molar-refractivity contribution is -0.146. The van der Waals surface area contributed by atoms with Crippen molar-refractivity contribution in [2.75, 3.05) is 146 Å². The number of hydrogen-bond acceptors (Lipinski definition) is 18. The second-order valence-electron chi connectivity index (χ2n) is 20.8. The summed E-state index contributed by atoms with van der Waals surface area (Å²) in [5.41, 5.74) is 10.3. The Labute approximate surface area is 521 Å². The van der Waals surface area contributed by atoms with Crippen molar-refractivity contribution in [3.05, 3.63) is 139 Å². The summed E-state index contributed by atoms with van der Waals surface area (Å²) < 4.78 is 48.1. The van der Waals surface area contributed by atoms with Gasteiger partial charge in [-0.1, -0.05) is 93.2 Å². The molecule has 2 amide bonds. The number of ether oxygens (including phenoxy) is 8. The standard InChI is InChI=1S/C60H76Cl4N10O12/c1-71-35-49(47-31-45(61)33-53(63)51(47)37-71)41-5-3-7-43(29-41)55-39-73(69-67-55)11-15-81-19-23-85-27-25-83-21-17-79-13-9-65-59(77)57(75)58(76)60(78)66-10-14-80-18-22-84-26-28-86-24-20-82-16-12-74-40-56(68-70-74)44-8-4-6-42(30-44)50-36-72(2)38-52-48(50)32-46(62)34-54(52)64/h3-8,29-34,39-40,49-50,57-58,75-76H,9-28,35-38H2,1-2H3,(H,65,77)(H,66,78)/t49-,50-,57+,58+/m0/s1. The van der Waals surface area contributed by atoms with Crippen molar-refractivity contribution >= 4 is 58.2 Å². The van der Waals surface area contributed by atoms with Crippen LogP contribution in [0.5, 0.6) is 0 Å². The molecular formula is C60H76Cl4N10O12. The van der Waals surface area contributed by atoms with Gasteiger partial charge >= 0.3 is 0 Å². The number of aliphatic hydroxyl groups is 2. The molecule has 26 heteroatoms. The fourth-order valence-electron chi connectivity index (χ4n) is 10.00. The Morgan fingerprint density at radius 1 is 0.512 bits per heavy atom. The van der Waals surface area contributed by atoms with Crippen LogP contribution in [-0.4, -0.2) is 220 Å². The summed E-state index contributed by atoms with van der Waals surface area (Å²) in [7, 11) is 4.19. The number of nitrogens with zero attached hydrogens (tertiary/aromatic N) is 8. The van der Waals surface area contributed by atoms with E-state index in [0.29, 0.717) is 112 Å². The summed E-state index contributed by atoms with van der Waals surface area (Å²) in [5, 5.41) is 45.3. The van der Waals surface area contributed by atoms with Gasteiger partial charge in [0.15, 0.2) is 12.2 Å². The molecule has 4 atom stereocenters. The Balaban J connectivity index is 0.556. The van der Waals surface area contributed by atoms with Gasteiger partial charge in [-0.3, -0.25) is 9.59 Å². The highest BCUT2D eigenvalue weighted by Gasteiger charge is 2.31. The minimum Gasteiger partial charge on any atom is -0.380 e. The fraction of sp³-hybridized carbons (Fsp3) is 0.500. The molecule has 466 valence electrons. The Hall–Kier alpha value is -5.22. The largest absolute Gasteiger partial charge is 0.380 e. The Kier molecular flexibility index (Phi) is 27.2. The van der Waals surface area contributed by atoms with E-state index in [-0.39, 0.29) is 51.4 Å². The van der Waals surface area contributed by atoms with Crippen LogP contribution < -0.4 is 10.6 Å². The number of nitrogens with one attached hydrogen (secondary N) is 2. The van der Waals surface area contributed by atoms with Crippen LogP contribution in [0.3, 0.4) is 0 Å². The lowest BCUT2D eigenvalue weighted by Gasteiger charge is -2.33. The highest BCUT2D eigenvalue weighted by molar-refractivity contribution is 6.35. The number of hydrogen-bond donors (Lipinski definition) is 4. The van der Waals surface area contributed by atoms with Crippen molar-refractivity contribution in [1.29, 1.82) is 0 Å². The quantitative estimate of drug-likeness (QED) is 0.0339. The van der Waals surface area contributed by atoms with Crippen molar-refractivity contribution in [3.8, 4) is 22.5 Å². The van der Waals surface area contributed by atoms with E-state index >= 15 is 0 Å². The van der Waals surface area contributed by atoms with Crippen LogP contribution in [0.2, 0.25) is 20.1 Å². The van der Waals surface area contributed by atoms with Gasteiger partial charge in [0, 0.05) is 82.3 Å². The monoisotopic (exact) mass is 1270 g/mol. The predicted molar refractivity (Wildman–Crippen MR) is 325 cm³/mol. The molecule has 0 radical (unpaired) electrons. The second-order valence-corrected chi connectivity index (χ2v) is 22.5. The minimum absolute atomic E-state index is 0.0476. The normalized spacial score (nSPS) is 16.0. The van der Waals surface area contributed by atoms with Crippen molar-refractivity contribution in [2.45, 2.75) is 50.2 Å². The molecule has 4 N–H and O–H groups in total. The molecule has 8 rings (SSSR count). The zero-order valence-electron chi connectivity index (χ0n) is 48.4. The van der Waals surface area contributed by atoms with Crippen LogP contribution in [0.15, 0.2) is 85.2 Å². The number of rotatable bonds is 37. The molecule has 2 aliphatic heterocycles. The molecule has 0 spiro atoms. The second kappa shape index (κ2) is 35.1. The van der Waals surface area contributed by atoms with E-state index in [1.807, 2.05) is 48.8 Å². The van der Waals surface area contributed by atoms with Crippen LogP contribution >= 0.6 is 46.4 Å². The minimum atomic E-state index is -1.97. The molecule has 0 bridgehead atoms. The van der Waals surface area contributed by atoms with E-state index in [2.05, 4.69) is 79.4 Å². The van der Waals surface area contributed by atoms with Gasteiger partial charge in [-0.25, -0.2) is 9.36 Å². The van der Waals surface area contributed by atoms with Crippen LogP contribution in [-0.2, 0) is 73.7 Å². The van der Waals surface area contributed by atoms with Gasteiger partial charge in [0.05, 0.1) is 131 Å². The van der Waals surface area contributed by atoms with Crippen molar-refractivity contribution < 1.29 is 57.7 Å². The molecule has 0 saturated heterocycles. The lowest BCUT2D eigenvalue weighted by Crippen LogP contribution is -2.50. The Morgan fingerprint density at radius 3 is 1.23 bits per heavy atom. The number of amides is 2. The molecular weight excluding hydrogens is 1190 g/mol. The molecule has 86 heavy (non-hydrogen) atoms. The molecule has 6 aromatic rings. The highest BCUT2D eigenvalue weighted by Crippen LogP contribution is 2.41. The summed E-state index contributed by atoms with van der Waals surface area (Å²) in [5.74, 6) is -1.59. The predicted octanol–water partition coefficient (Wildman–Crippen LogP) is 5.76. The summed E-state index contributed by atoms with van der Waals surface area (Å²) >= 11 is 26.0. The van der Waals surface area contributed by atoms with E-state index < -0.39 is 24.0 Å². The number of carbonyl (C=O) groups is 2. The number of carbonyl (C=O) groups excluding carboxylic acids is 2. The Bertz CT molecular complexity index is 2890. The van der Waals surface area contributed by atoms with Crippen molar-refractivity contribution in [3.63, 3.8) is 0 Å². The first kappa shape index (κ1) is 66.7. The molecule has 4 heterocycles. The molecule has 22 nitrogen and oxygen atoms in total. The zero-order chi connectivity index (χ0) is 60.6. The number of likely N-dealkylation sites (N-methyl/N-ethyl adjacent to an activating group) is 2. The van der Waals surface area contributed by atoms with E-state index in [9.17, 15) is 19.8 Å². The molecule has 2 aliphatic rings. The molecule has 0 fully saturated rings. The van der Waals surface area contributed by atoms with Gasteiger partial charge in [-0.05, 0) is 83.9 Å². The van der Waals surface area contributed by atoms with Crippen molar-refractivity contribution in [2.24, 2.45) is 0 Å². The summed E-state index contributed by atoms with van der Waals surface area (Å²) in [4.78, 5) is 29.2. The van der Waals surface area contributed by atoms with Crippen LogP contribution in [0.1, 0.15) is 45.2 Å². The van der Waals surface area contributed by atoms with Gasteiger partial charge in [-0.15, -0.1) is 10.2 Å². The maximum atomic E-state index is 12.3. The first-order valence-electron chi connectivity index (χ1n) is 28.7. The fourth-order valence-corrected chi connectivity index (χ4v) is 11.1. The maximum absolute atomic E-state index is 12.3. The van der Waals surface area contributed by atoms with Gasteiger partial charge in [0.2, 0.25) is 0 Å². The van der Waals surface area contributed by atoms with Gasteiger partial charge < -0.3 is 68.5 Å². The van der Waals surface area contributed by atoms with Crippen molar-refractivity contribution in [1.82, 2.24) is 50.4 Å². The van der Waals surface area contributed by atoms with E-state index in [1.54, 1.807) is 21.5 Å². The van der Waals surface area contributed by atoms with Crippen LogP contribution in [0, 0.1) is 0 Å². The zero-order valence-corrected chi connectivity index (χ0v) is 51.5. The topological polar surface area (TPSA) is 240 Å². The van der Waals surface area contributed by atoms with Crippen LogP contribution in [0.4, 0.5) is 0 Å². The number of aromatic nitrogens is 6. The number of fused-ring (bicyclic) bond motifs is 2. The number of halogens is 4. The molecule has 0 unspecified atom stereocenters. The van der Waals surface area contributed by atoms with Gasteiger partial charge in [-0.2, -0.15) is 0 Å². The van der Waals surface area contributed by atoms with E-state index in [0.717, 1.165) is 82.1 Å². The van der Waals surface area contributed by atoms with Gasteiger partial charge in [0.1, 0.15) is 11.4 Å². The number of aliphatic hydroxyl groups excluding tert-OH is 2. The first-order chi connectivity index (χ1) is 41.8. The summed E-state index contributed by atoms with van der Waals surface area (Å²) in [6.45, 7) is 9.73. The average Bonchev–Trinajstić information content (AvgIpc) is 1.26. The third-order valence-electron chi connectivity index (χ3n) is 14.3. The smallest absolute Gasteiger partial charge is 0.252 e. The Morgan fingerprint density at radius 2 is 0.860 bits per heavy atom. The molecule has 4 aromatic carbocycles. The third kappa shape index (κ3) is 20.4. The SMILES string of the molecule is CN1Cc2c(Cl)cc(Cl)cc2[C@H](c2cccc(-c3cn(CCOCCOCCOCCOCCNC(=O)[C@H](O)[C@@H](O)C(=O)NCCOCCOCCOCCOCCn4cc(-c5cccc([C@@H]6CN(C)Cc7c(Cl)cc(Cl)cc76)c5)nn4)nn3)c2)C1. The molecule has 2 aromatic heterocycles. The summed E-state index contributed by atoms with van der Waals surface area (Å²) in [6, 6.07) is 24.4. The van der Waals surface area contributed by atoms with E-state index in [4.69, 9.17) is 84.3 Å². The van der Waals surface area contributed by atoms with Gasteiger partial charge in [0.25, 0.3) is 11.8 Å². The lowest BCUT2D eigenvalue weighted by atomic mass is 9.84. The molecule has 0 saturated carbocycles. The number of benzene rings is 4.